The van der Waals surface area contributed by atoms with Crippen molar-refractivity contribution >= 4 is 12.0 Å². The number of hydrogen-bond acceptors (Lipinski definition) is 5. The highest BCUT2D eigenvalue weighted by molar-refractivity contribution is 5.82. The Morgan fingerprint density at radius 3 is 2.48 bits per heavy atom. The summed E-state index contributed by atoms with van der Waals surface area (Å²) in [7, 11) is 1.50. The van der Waals surface area contributed by atoms with Crippen LogP contribution in [0.5, 0.6) is 11.5 Å². The van der Waals surface area contributed by atoms with Gasteiger partial charge in [-0.2, -0.15) is 18.3 Å². The molecule has 1 N–H and O–H groups in total. The van der Waals surface area contributed by atoms with Crippen molar-refractivity contribution in [2.45, 2.75) is 19.2 Å². The summed E-state index contributed by atoms with van der Waals surface area (Å²) in [5.74, 6) is 0.825. The number of aromatic nitrogens is 1. The van der Waals surface area contributed by atoms with Crippen molar-refractivity contribution in [3.63, 3.8) is 0 Å². The number of alkyl halides is 3. The molecule has 1 heterocycles. The van der Waals surface area contributed by atoms with Crippen LogP contribution in [-0.2, 0) is 19.2 Å². The van der Waals surface area contributed by atoms with Gasteiger partial charge in [-0.3, -0.25) is 5.43 Å². The molecule has 2 aromatic carbocycles. The topological polar surface area (TPSA) is 55.7 Å². The fourth-order valence-corrected chi connectivity index (χ4v) is 2.92. The van der Waals surface area contributed by atoms with Crippen molar-refractivity contribution in [1.82, 2.24) is 4.98 Å². The number of nitrogens with one attached hydrogen (secondary N) is 1. The molecular weight excluding hydrogens is 438 g/mol. The van der Waals surface area contributed by atoms with Crippen LogP contribution < -0.4 is 14.9 Å². The minimum atomic E-state index is -4.45. The average Bonchev–Trinajstić information content (AvgIpc) is 2.79. The molecule has 1 aromatic heterocycles. The molecule has 0 radical (unpaired) electrons. The highest BCUT2D eigenvalue weighted by Crippen LogP contribution is 2.34. The van der Waals surface area contributed by atoms with Crippen LogP contribution in [0.4, 0.5) is 23.4 Å². The molecule has 0 saturated heterocycles. The molecule has 9 heteroatoms. The Morgan fingerprint density at radius 1 is 1.12 bits per heavy atom. The summed E-state index contributed by atoms with van der Waals surface area (Å²) in [5.41, 5.74) is 4.00. The number of nitrogens with zero attached hydrogens (tertiary/aromatic N) is 2. The van der Waals surface area contributed by atoms with Gasteiger partial charge in [0.25, 0.3) is 0 Å². The second-order valence-electron chi connectivity index (χ2n) is 6.92. The first-order valence-corrected chi connectivity index (χ1v) is 9.81. The van der Waals surface area contributed by atoms with Gasteiger partial charge in [0.2, 0.25) is 0 Å². The van der Waals surface area contributed by atoms with Crippen molar-refractivity contribution in [3.8, 4) is 11.5 Å². The molecule has 33 heavy (non-hydrogen) atoms. The van der Waals surface area contributed by atoms with E-state index in [1.807, 2.05) is 6.07 Å². The van der Waals surface area contributed by atoms with E-state index < -0.39 is 11.7 Å². The standard InChI is InChI=1S/C24H21F4N3O2/c1-3-4-18-11-17(13-30-31-22-10-7-19(14-29-22)24(26,27)28)12-21(32-2)23(18)33-15-16-5-8-20(25)9-6-16/h3,5-14H,1,4,15H2,2H3,(H,29,31)/b30-13-. The van der Waals surface area contributed by atoms with Gasteiger partial charge in [0, 0.05) is 11.8 Å². The molecule has 0 bridgehead atoms. The first-order chi connectivity index (χ1) is 15.8. The van der Waals surface area contributed by atoms with Crippen LogP contribution in [0.1, 0.15) is 22.3 Å². The molecule has 5 nitrogen and oxygen atoms in total. The Hall–Kier alpha value is -3.88. The molecule has 0 spiro atoms. The number of rotatable bonds is 9. The number of halogens is 4. The Labute approximate surface area is 188 Å². The van der Waals surface area contributed by atoms with Gasteiger partial charge in [-0.05, 0) is 53.9 Å². The van der Waals surface area contributed by atoms with Gasteiger partial charge in [0.05, 0.1) is 18.9 Å². The number of methoxy groups -OCH3 is 1. The molecule has 0 atom stereocenters. The van der Waals surface area contributed by atoms with Crippen molar-refractivity contribution in [1.29, 1.82) is 0 Å². The molecule has 0 saturated carbocycles. The molecule has 0 aliphatic heterocycles. The number of hydrogen-bond donors (Lipinski definition) is 1. The quantitative estimate of drug-likeness (QED) is 0.185. The fraction of sp³-hybridized carbons (Fsp3) is 0.167. The number of allylic oxidation sites excluding steroid dienone is 1. The molecule has 0 aliphatic carbocycles. The Bertz CT molecular complexity index is 1110. The summed E-state index contributed by atoms with van der Waals surface area (Å²) in [6, 6.07) is 11.6. The minimum Gasteiger partial charge on any atom is -0.493 e. The molecule has 172 valence electrons. The van der Waals surface area contributed by atoms with Gasteiger partial charge in [-0.1, -0.05) is 18.2 Å². The Morgan fingerprint density at radius 2 is 1.88 bits per heavy atom. The number of benzene rings is 2. The van der Waals surface area contributed by atoms with Crippen molar-refractivity contribution < 1.29 is 27.0 Å². The maximum Gasteiger partial charge on any atom is 0.417 e. The molecule has 0 fully saturated rings. The van der Waals surface area contributed by atoms with E-state index in [2.05, 4.69) is 22.1 Å². The smallest absolute Gasteiger partial charge is 0.417 e. The average molecular weight is 459 g/mol. The lowest BCUT2D eigenvalue weighted by atomic mass is 10.1. The van der Waals surface area contributed by atoms with Gasteiger partial charge < -0.3 is 9.47 Å². The normalized spacial score (nSPS) is 11.4. The summed E-state index contributed by atoms with van der Waals surface area (Å²) in [5, 5.41) is 4.04. The van der Waals surface area contributed by atoms with E-state index >= 15 is 0 Å². The number of pyridine rings is 1. The molecule has 0 amide bonds. The van der Waals surface area contributed by atoms with Crippen molar-refractivity contribution in [2.24, 2.45) is 5.10 Å². The zero-order valence-electron chi connectivity index (χ0n) is 17.7. The monoisotopic (exact) mass is 459 g/mol. The molecule has 0 unspecified atom stereocenters. The number of hydrazone groups is 1. The summed E-state index contributed by atoms with van der Waals surface area (Å²) in [6.07, 6.45) is -0.0303. The zero-order valence-corrected chi connectivity index (χ0v) is 17.7. The van der Waals surface area contributed by atoms with Crippen LogP contribution in [0, 0.1) is 5.82 Å². The fourth-order valence-electron chi connectivity index (χ4n) is 2.92. The summed E-state index contributed by atoms with van der Waals surface area (Å²) < 4.78 is 62.4. The van der Waals surface area contributed by atoms with E-state index in [0.717, 1.165) is 23.4 Å². The van der Waals surface area contributed by atoms with Crippen molar-refractivity contribution in [3.05, 3.63) is 95.5 Å². The van der Waals surface area contributed by atoms with Gasteiger partial charge >= 0.3 is 6.18 Å². The third-order valence-corrected chi connectivity index (χ3v) is 4.52. The van der Waals surface area contributed by atoms with E-state index in [0.29, 0.717) is 23.5 Å². The second kappa shape index (κ2) is 10.6. The van der Waals surface area contributed by atoms with E-state index in [1.54, 1.807) is 24.3 Å². The lowest BCUT2D eigenvalue weighted by Crippen LogP contribution is -2.05. The highest BCUT2D eigenvalue weighted by atomic mass is 19.4. The minimum absolute atomic E-state index is 0.164. The maximum atomic E-state index is 13.1. The van der Waals surface area contributed by atoms with E-state index in [1.165, 1.54) is 31.5 Å². The van der Waals surface area contributed by atoms with Gasteiger partial charge in [0.1, 0.15) is 18.2 Å². The SMILES string of the molecule is C=CCc1cc(/C=N\Nc2ccc(C(F)(F)F)cn2)cc(OC)c1OCc1ccc(F)cc1. The first-order valence-electron chi connectivity index (χ1n) is 9.81. The zero-order chi connectivity index (χ0) is 23.8. The lowest BCUT2D eigenvalue weighted by molar-refractivity contribution is -0.137. The van der Waals surface area contributed by atoms with Crippen LogP contribution in [-0.4, -0.2) is 18.3 Å². The highest BCUT2D eigenvalue weighted by Gasteiger charge is 2.30. The first kappa shape index (κ1) is 23.8. The third-order valence-electron chi connectivity index (χ3n) is 4.52. The van der Waals surface area contributed by atoms with Crippen molar-refractivity contribution in [2.75, 3.05) is 12.5 Å². The van der Waals surface area contributed by atoms with Gasteiger partial charge in [-0.25, -0.2) is 9.37 Å². The summed E-state index contributed by atoms with van der Waals surface area (Å²) in [4.78, 5) is 3.70. The van der Waals surface area contributed by atoms with Crippen LogP contribution >= 0.6 is 0 Å². The third kappa shape index (κ3) is 6.55. The van der Waals surface area contributed by atoms with E-state index in [4.69, 9.17) is 9.47 Å². The van der Waals surface area contributed by atoms with E-state index in [-0.39, 0.29) is 18.2 Å². The van der Waals surface area contributed by atoms with Crippen LogP contribution in [0.25, 0.3) is 0 Å². The van der Waals surface area contributed by atoms with Crippen LogP contribution in [0.2, 0.25) is 0 Å². The molecule has 0 aliphatic rings. The summed E-state index contributed by atoms with van der Waals surface area (Å²) >= 11 is 0. The molecule has 3 rings (SSSR count). The maximum absolute atomic E-state index is 13.1. The predicted octanol–water partition coefficient (Wildman–Crippen LogP) is 6.00. The number of ether oxygens (including phenoxy) is 2. The lowest BCUT2D eigenvalue weighted by Gasteiger charge is -2.16. The van der Waals surface area contributed by atoms with Crippen LogP contribution in [0.3, 0.4) is 0 Å². The number of anilines is 1. The molecular formula is C24H21F4N3O2. The van der Waals surface area contributed by atoms with E-state index in [9.17, 15) is 17.6 Å². The van der Waals surface area contributed by atoms with Gasteiger partial charge in [-0.15, -0.1) is 6.58 Å². The predicted molar refractivity (Wildman–Crippen MR) is 118 cm³/mol. The second-order valence-corrected chi connectivity index (χ2v) is 6.92. The Balaban J connectivity index is 1.76. The molecule has 3 aromatic rings. The largest absolute Gasteiger partial charge is 0.493 e. The van der Waals surface area contributed by atoms with Crippen LogP contribution in [0.15, 0.2) is 72.5 Å². The Kier molecular flexibility index (Phi) is 7.66. The van der Waals surface area contributed by atoms with Gasteiger partial charge in [0.15, 0.2) is 11.5 Å². The summed E-state index contributed by atoms with van der Waals surface area (Å²) in [6.45, 7) is 3.98.